The molecule has 30 heavy (non-hydrogen) atoms. The number of para-hydroxylation sites is 2. The van der Waals surface area contributed by atoms with Crippen LogP contribution < -0.4 is 15.4 Å². The van der Waals surface area contributed by atoms with Crippen molar-refractivity contribution in [2.75, 3.05) is 21.6 Å². The Bertz CT molecular complexity index is 1300. The first-order valence-electron chi connectivity index (χ1n) is 8.79. The van der Waals surface area contributed by atoms with Gasteiger partial charge in [-0.1, -0.05) is 18.2 Å². The molecular weight excluding hydrogens is 408 g/mol. The number of rotatable bonds is 4. The van der Waals surface area contributed by atoms with Gasteiger partial charge < -0.3 is 10.6 Å². The Morgan fingerprint density at radius 3 is 2.23 bits per heavy atom. The van der Waals surface area contributed by atoms with Gasteiger partial charge in [0.15, 0.2) is 0 Å². The van der Waals surface area contributed by atoms with E-state index < -0.39 is 14.9 Å². The number of hydrogen-bond acceptors (Lipinski definition) is 6. The van der Waals surface area contributed by atoms with E-state index in [0.29, 0.717) is 33.8 Å². The van der Waals surface area contributed by atoms with E-state index >= 15 is 0 Å². The van der Waals surface area contributed by atoms with Crippen molar-refractivity contribution in [2.24, 2.45) is 0 Å². The molecule has 0 atom stereocenters. The van der Waals surface area contributed by atoms with Crippen LogP contribution in [0.15, 0.2) is 60.7 Å². The predicted octanol–water partition coefficient (Wildman–Crippen LogP) is 3.94. The molecular formula is C20H16N4O5S. The quantitative estimate of drug-likeness (QED) is 0.429. The molecule has 0 bridgehead atoms. The smallest absolute Gasteiger partial charge is 0.271 e. The average molecular weight is 424 g/mol. The van der Waals surface area contributed by atoms with Crippen molar-refractivity contribution in [1.82, 2.24) is 0 Å². The number of fused-ring (bicyclic) bond motifs is 2. The Morgan fingerprint density at radius 1 is 0.900 bits per heavy atom. The Morgan fingerprint density at radius 2 is 1.57 bits per heavy atom. The Kier molecular flexibility index (Phi) is 4.63. The number of hydrogen-bond donors (Lipinski definition) is 3. The van der Waals surface area contributed by atoms with Crippen LogP contribution in [0.3, 0.4) is 0 Å². The number of nitro benzene ring substituents is 1. The van der Waals surface area contributed by atoms with E-state index in [1.807, 2.05) is 18.2 Å². The van der Waals surface area contributed by atoms with E-state index in [1.54, 1.807) is 24.3 Å². The summed E-state index contributed by atoms with van der Waals surface area (Å²) in [4.78, 5) is 23.1. The van der Waals surface area contributed by atoms with Gasteiger partial charge >= 0.3 is 0 Å². The molecule has 1 aliphatic rings. The zero-order valence-corrected chi connectivity index (χ0v) is 16.5. The van der Waals surface area contributed by atoms with E-state index in [4.69, 9.17) is 0 Å². The lowest BCUT2D eigenvalue weighted by molar-refractivity contribution is -0.384. The highest BCUT2D eigenvalue weighted by molar-refractivity contribution is 7.92. The standard InChI is InChI=1S/C20H16N4O5S/c1-30(28,29)23-19-11-13(24(26)27)7-9-14(19)12-6-8-15-18(10-12)21-16-4-2-3-5-17(16)22-20(15)25/h2-11,21,23H,1H3,(H,22,25). The van der Waals surface area contributed by atoms with E-state index in [1.165, 1.54) is 12.1 Å². The minimum atomic E-state index is -3.67. The summed E-state index contributed by atoms with van der Waals surface area (Å²) in [5, 5.41) is 17.2. The van der Waals surface area contributed by atoms with Crippen molar-refractivity contribution in [3.05, 3.63) is 76.3 Å². The van der Waals surface area contributed by atoms with E-state index in [-0.39, 0.29) is 17.3 Å². The summed E-state index contributed by atoms with van der Waals surface area (Å²) in [5.41, 5.74) is 3.13. The van der Waals surface area contributed by atoms with Gasteiger partial charge in [0.05, 0.1) is 39.5 Å². The fraction of sp³-hybridized carbons (Fsp3) is 0.0500. The van der Waals surface area contributed by atoms with Crippen molar-refractivity contribution < 1.29 is 18.1 Å². The molecule has 0 aromatic heterocycles. The number of nitro groups is 1. The Balaban J connectivity index is 1.84. The molecule has 0 saturated carbocycles. The third kappa shape index (κ3) is 3.80. The summed E-state index contributed by atoms with van der Waals surface area (Å²) >= 11 is 0. The van der Waals surface area contributed by atoms with Gasteiger partial charge in [-0.25, -0.2) is 8.42 Å². The fourth-order valence-electron chi connectivity index (χ4n) is 3.23. The number of non-ortho nitro benzene ring substituents is 1. The summed E-state index contributed by atoms with van der Waals surface area (Å²) in [6, 6.07) is 16.1. The molecule has 0 unspecified atom stereocenters. The third-order valence-electron chi connectivity index (χ3n) is 4.53. The van der Waals surface area contributed by atoms with Crippen molar-refractivity contribution in [3.63, 3.8) is 0 Å². The summed E-state index contributed by atoms with van der Waals surface area (Å²) in [7, 11) is -3.67. The van der Waals surface area contributed by atoms with Crippen LogP contribution in [0.2, 0.25) is 0 Å². The van der Waals surface area contributed by atoms with Crippen LogP contribution >= 0.6 is 0 Å². The SMILES string of the molecule is CS(=O)(=O)Nc1cc([N+](=O)[O-])ccc1-c1ccc2c(c1)Nc1ccccc1NC2=O. The van der Waals surface area contributed by atoms with Gasteiger partial charge in [-0.05, 0) is 35.9 Å². The summed E-state index contributed by atoms with van der Waals surface area (Å²) in [5.74, 6) is -0.285. The van der Waals surface area contributed by atoms with Crippen LogP contribution in [0, 0.1) is 10.1 Å². The second kappa shape index (κ2) is 7.16. The second-order valence-electron chi connectivity index (χ2n) is 6.75. The highest BCUT2D eigenvalue weighted by Crippen LogP contribution is 2.37. The molecule has 4 rings (SSSR count). The molecule has 0 radical (unpaired) electrons. The molecule has 0 spiro atoms. The Labute approximate surface area is 171 Å². The second-order valence-corrected chi connectivity index (χ2v) is 8.49. The molecule has 1 heterocycles. The van der Waals surface area contributed by atoms with Gasteiger partial charge in [0.25, 0.3) is 11.6 Å². The lowest BCUT2D eigenvalue weighted by Gasteiger charge is -2.14. The summed E-state index contributed by atoms with van der Waals surface area (Å²) < 4.78 is 25.9. The number of benzene rings is 3. The third-order valence-corrected chi connectivity index (χ3v) is 5.12. The monoisotopic (exact) mass is 424 g/mol. The van der Waals surface area contributed by atoms with E-state index in [0.717, 1.165) is 12.3 Å². The maximum atomic E-state index is 12.6. The van der Waals surface area contributed by atoms with Crippen molar-refractivity contribution >= 4 is 44.4 Å². The summed E-state index contributed by atoms with van der Waals surface area (Å²) in [6.07, 6.45) is 0.968. The Hall–Kier alpha value is -3.92. The lowest BCUT2D eigenvalue weighted by Crippen LogP contribution is -2.11. The summed E-state index contributed by atoms with van der Waals surface area (Å²) in [6.45, 7) is 0. The van der Waals surface area contributed by atoms with Crippen LogP contribution in [0.1, 0.15) is 10.4 Å². The van der Waals surface area contributed by atoms with Gasteiger partial charge in [0.1, 0.15) is 0 Å². The highest BCUT2D eigenvalue weighted by atomic mass is 32.2. The normalized spacial score (nSPS) is 12.6. The number of sulfonamides is 1. The number of carbonyl (C=O) groups is 1. The maximum Gasteiger partial charge on any atom is 0.271 e. The first-order valence-corrected chi connectivity index (χ1v) is 10.7. The number of nitrogens with zero attached hydrogens (tertiary/aromatic N) is 1. The molecule has 0 aliphatic carbocycles. The van der Waals surface area contributed by atoms with E-state index in [2.05, 4.69) is 15.4 Å². The molecule has 0 saturated heterocycles. The van der Waals surface area contributed by atoms with Crippen molar-refractivity contribution in [3.8, 4) is 11.1 Å². The minimum Gasteiger partial charge on any atom is -0.353 e. The molecule has 3 aromatic rings. The van der Waals surface area contributed by atoms with Crippen molar-refractivity contribution in [1.29, 1.82) is 0 Å². The average Bonchev–Trinajstić information content (AvgIpc) is 2.81. The predicted molar refractivity (Wildman–Crippen MR) is 115 cm³/mol. The molecule has 152 valence electrons. The topological polar surface area (TPSA) is 130 Å². The van der Waals surface area contributed by atoms with Crippen molar-refractivity contribution in [2.45, 2.75) is 0 Å². The molecule has 1 amide bonds. The number of nitrogens with one attached hydrogen (secondary N) is 3. The minimum absolute atomic E-state index is 0.0742. The first-order chi connectivity index (χ1) is 14.2. The van der Waals surface area contributed by atoms with Gasteiger partial charge in [-0.3, -0.25) is 19.6 Å². The van der Waals surface area contributed by atoms with Gasteiger partial charge in [-0.2, -0.15) is 0 Å². The van der Waals surface area contributed by atoms with Gasteiger partial charge in [0.2, 0.25) is 10.0 Å². The molecule has 10 heteroatoms. The number of carbonyl (C=O) groups excluding carboxylic acids is 1. The molecule has 3 N–H and O–H groups in total. The van der Waals surface area contributed by atoms with Crippen LogP contribution in [0.5, 0.6) is 0 Å². The van der Waals surface area contributed by atoms with Crippen LogP contribution in [0.25, 0.3) is 11.1 Å². The molecule has 1 aliphatic heterocycles. The van der Waals surface area contributed by atoms with Gasteiger partial charge in [0, 0.05) is 17.7 Å². The first kappa shape index (κ1) is 19.4. The maximum absolute atomic E-state index is 12.6. The molecule has 3 aromatic carbocycles. The fourth-order valence-corrected chi connectivity index (χ4v) is 3.80. The van der Waals surface area contributed by atoms with E-state index in [9.17, 15) is 23.3 Å². The number of amides is 1. The zero-order valence-electron chi connectivity index (χ0n) is 15.7. The molecule has 9 nitrogen and oxygen atoms in total. The van der Waals surface area contributed by atoms with Crippen LogP contribution in [-0.4, -0.2) is 25.5 Å². The van der Waals surface area contributed by atoms with Gasteiger partial charge in [-0.15, -0.1) is 0 Å². The highest BCUT2D eigenvalue weighted by Gasteiger charge is 2.21. The number of anilines is 4. The van der Waals surface area contributed by atoms with Crippen LogP contribution in [0.4, 0.5) is 28.4 Å². The largest absolute Gasteiger partial charge is 0.353 e. The molecule has 0 fully saturated rings. The van der Waals surface area contributed by atoms with Crippen LogP contribution in [-0.2, 0) is 10.0 Å². The zero-order chi connectivity index (χ0) is 21.5. The lowest BCUT2D eigenvalue weighted by atomic mass is 10.00.